The highest BCUT2D eigenvalue weighted by Crippen LogP contribution is 2.45. The van der Waals surface area contributed by atoms with Crippen LogP contribution in [0, 0.1) is 25.2 Å². The first-order valence-corrected chi connectivity index (χ1v) is 15.7. The van der Waals surface area contributed by atoms with Gasteiger partial charge in [-0.2, -0.15) is 0 Å². The van der Waals surface area contributed by atoms with E-state index in [1.165, 1.54) is 16.0 Å². The molecule has 4 nitrogen and oxygen atoms in total. The van der Waals surface area contributed by atoms with Crippen molar-refractivity contribution in [1.29, 1.82) is 0 Å². The fourth-order valence-corrected chi connectivity index (χ4v) is 7.52. The third kappa shape index (κ3) is 5.56. The molecule has 0 fully saturated rings. The Labute approximate surface area is 256 Å². The smallest absolute Gasteiger partial charge is 0.259 e. The van der Waals surface area contributed by atoms with Crippen LogP contribution in [0.5, 0.6) is 0 Å². The number of hydrogen-bond donors (Lipinski definition) is 2. The Balaban J connectivity index is 1.47. The quantitative estimate of drug-likeness (QED) is 0.196. The summed E-state index contributed by atoms with van der Waals surface area (Å²) >= 11 is 7.76. The van der Waals surface area contributed by atoms with E-state index < -0.39 is 0 Å². The molecule has 3 aromatic carbocycles. The van der Waals surface area contributed by atoms with Crippen molar-refractivity contribution < 1.29 is 4.79 Å². The number of fused-ring (bicyclic) bond motifs is 2. The molecule has 214 valence electrons. The van der Waals surface area contributed by atoms with Crippen LogP contribution in [0.2, 0.25) is 5.02 Å². The van der Waals surface area contributed by atoms with Crippen LogP contribution < -0.4 is 5.32 Å². The van der Waals surface area contributed by atoms with Crippen molar-refractivity contribution in [2.24, 2.45) is 16.3 Å². The Hall–Kier alpha value is -3.67. The van der Waals surface area contributed by atoms with Gasteiger partial charge in [0, 0.05) is 38.3 Å². The normalized spacial score (nSPS) is 15.3. The number of amides is 1. The average Bonchev–Trinajstić information content (AvgIpc) is 3.51. The van der Waals surface area contributed by atoms with E-state index in [1.54, 1.807) is 23.5 Å². The molecule has 0 spiro atoms. The molecular formula is C36H36ClN3OS. The molecule has 6 heteroatoms. The highest BCUT2D eigenvalue weighted by molar-refractivity contribution is 7.16. The predicted molar refractivity (Wildman–Crippen MR) is 179 cm³/mol. The third-order valence-electron chi connectivity index (χ3n) is 8.46. The summed E-state index contributed by atoms with van der Waals surface area (Å²) in [5.74, 6) is 0.446. The molecule has 2 heterocycles. The average molecular weight is 594 g/mol. The van der Waals surface area contributed by atoms with Crippen LogP contribution in [0.25, 0.3) is 22.2 Å². The topological polar surface area (TPSA) is 57.2 Å². The summed E-state index contributed by atoms with van der Waals surface area (Å²) in [5.41, 5.74) is 9.45. The van der Waals surface area contributed by atoms with E-state index in [0.29, 0.717) is 16.5 Å². The zero-order valence-electron chi connectivity index (χ0n) is 24.8. The number of carbonyl (C=O) groups is 1. The van der Waals surface area contributed by atoms with Gasteiger partial charge >= 0.3 is 0 Å². The van der Waals surface area contributed by atoms with Crippen LogP contribution in [0.3, 0.4) is 0 Å². The van der Waals surface area contributed by atoms with Gasteiger partial charge in [0.1, 0.15) is 5.00 Å². The van der Waals surface area contributed by atoms with Gasteiger partial charge in [0.25, 0.3) is 5.91 Å². The van der Waals surface area contributed by atoms with E-state index in [9.17, 15) is 4.79 Å². The molecule has 42 heavy (non-hydrogen) atoms. The molecule has 0 saturated carbocycles. The van der Waals surface area contributed by atoms with E-state index in [0.717, 1.165) is 63.2 Å². The minimum atomic E-state index is -0.120. The number of benzene rings is 3. The monoisotopic (exact) mass is 593 g/mol. The van der Waals surface area contributed by atoms with Crippen LogP contribution in [0.4, 0.5) is 10.7 Å². The zero-order chi connectivity index (χ0) is 29.6. The molecule has 2 N–H and O–H groups in total. The molecule has 0 bridgehead atoms. The van der Waals surface area contributed by atoms with Crippen molar-refractivity contribution in [2.75, 3.05) is 5.32 Å². The Morgan fingerprint density at radius 2 is 1.81 bits per heavy atom. The minimum absolute atomic E-state index is 0.120. The number of aromatic amines is 1. The Bertz CT molecular complexity index is 1810. The van der Waals surface area contributed by atoms with Gasteiger partial charge in [-0.15, -0.1) is 11.3 Å². The molecule has 0 radical (unpaired) electrons. The number of aromatic nitrogens is 1. The minimum Gasteiger partial charge on any atom is -0.354 e. The van der Waals surface area contributed by atoms with Gasteiger partial charge in [-0.25, -0.2) is 4.99 Å². The summed E-state index contributed by atoms with van der Waals surface area (Å²) in [4.78, 5) is 23.9. The van der Waals surface area contributed by atoms with Crippen LogP contribution in [0.1, 0.15) is 64.7 Å². The summed E-state index contributed by atoms with van der Waals surface area (Å²) in [6.45, 7) is 11.2. The first-order valence-electron chi connectivity index (χ1n) is 14.5. The second-order valence-electron chi connectivity index (χ2n) is 12.5. The van der Waals surface area contributed by atoms with Crippen LogP contribution in [0.15, 0.2) is 71.7 Å². The fraction of sp³-hybridized carbons (Fsp3) is 0.278. The van der Waals surface area contributed by atoms with Crippen molar-refractivity contribution in [3.05, 3.63) is 104 Å². The number of aliphatic imine (C=N–C) groups is 1. The maximum atomic E-state index is 13.9. The SMILES string of the molecule is Cc1cc(C)c2[nH]c(-c3ccccc3)c(C=Nc3sc4c(c3C(=O)Nc3ccc(Cl)cc3)CC[C@@H](C(C)(C)C)C4)c2c1. The zero-order valence-corrected chi connectivity index (χ0v) is 26.3. The molecule has 0 saturated heterocycles. The van der Waals surface area contributed by atoms with Gasteiger partial charge in [0.05, 0.1) is 11.3 Å². The van der Waals surface area contributed by atoms with Crippen molar-refractivity contribution in [2.45, 2.75) is 53.9 Å². The van der Waals surface area contributed by atoms with Gasteiger partial charge in [0.15, 0.2) is 0 Å². The number of H-pyrrole nitrogens is 1. The molecule has 1 atom stereocenters. The van der Waals surface area contributed by atoms with Crippen molar-refractivity contribution in [1.82, 2.24) is 4.98 Å². The largest absolute Gasteiger partial charge is 0.354 e. The summed E-state index contributed by atoms with van der Waals surface area (Å²) in [5, 5.41) is 5.64. The van der Waals surface area contributed by atoms with Gasteiger partial charge in [-0.1, -0.05) is 74.3 Å². The van der Waals surface area contributed by atoms with Gasteiger partial charge in [-0.3, -0.25) is 4.79 Å². The summed E-state index contributed by atoms with van der Waals surface area (Å²) in [6, 6.07) is 22.0. The van der Waals surface area contributed by atoms with Crippen molar-refractivity contribution >= 4 is 56.7 Å². The standard InChI is InChI=1S/C36H36ClN3OS/c1-21-17-22(2)32-28(18-21)29(33(40-32)23-9-7-6-8-10-23)20-38-35-31(34(41)39-26-14-12-25(37)13-15-26)27-16-11-24(36(3,4)5)19-30(27)42-35/h6-10,12-15,17-18,20,24,40H,11,16,19H2,1-5H3,(H,39,41)/t24-/m1/s1. The number of halogens is 1. The Kier molecular flexibility index (Phi) is 7.59. The fourth-order valence-electron chi connectivity index (χ4n) is 6.13. The van der Waals surface area contributed by atoms with Crippen LogP contribution >= 0.6 is 22.9 Å². The summed E-state index contributed by atoms with van der Waals surface area (Å²) < 4.78 is 0. The van der Waals surface area contributed by atoms with Crippen LogP contribution in [-0.2, 0) is 12.8 Å². The predicted octanol–water partition coefficient (Wildman–Crippen LogP) is 10.3. The molecular weight excluding hydrogens is 558 g/mol. The molecule has 0 unspecified atom stereocenters. The molecule has 1 aliphatic rings. The van der Waals surface area contributed by atoms with Gasteiger partial charge in [-0.05, 0) is 91.5 Å². The number of hydrogen-bond acceptors (Lipinski definition) is 3. The maximum Gasteiger partial charge on any atom is 0.259 e. The lowest BCUT2D eigenvalue weighted by molar-refractivity contribution is 0.102. The second kappa shape index (κ2) is 11.2. The molecule has 0 aliphatic heterocycles. The van der Waals surface area contributed by atoms with E-state index >= 15 is 0 Å². The van der Waals surface area contributed by atoms with E-state index in [1.807, 2.05) is 24.4 Å². The van der Waals surface area contributed by atoms with E-state index in [4.69, 9.17) is 16.6 Å². The number of aryl methyl sites for hydroxylation is 2. The summed E-state index contributed by atoms with van der Waals surface area (Å²) in [7, 11) is 0. The first kappa shape index (κ1) is 28.4. The number of rotatable bonds is 5. The third-order valence-corrected chi connectivity index (χ3v) is 9.88. The highest BCUT2D eigenvalue weighted by Gasteiger charge is 2.33. The molecule has 1 aliphatic carbocycles. The van der Waals surface area contributed by atoms with Gasteiger partial charge < -0.3 is 10.3 Å². The number of anilines is 1. The van der Waals surface area contributed by atoms with Gasteiger partial charge in [0.2, 0.25) is 0 Å². The molecule has 1 amide bonds. The lowest BCUT2D eigenvalue weighted by atomic mass is 9.72. The molecule has 6 rings (SSSR count). The Morgan fingerprint density at radius 1 is 1.07 bits per heavy atom. The highest BCUT2D eigenvalue weighted by atomic mass is 35.5. The number of carbonyl (C=O) groups excluding carboxylic acids is 1. The summed E-state index contributed by atoms with van der Waals surface area (Å²) in [6.07, 6.45) is 4.88. The Morgan fingerprint density at radius 3 is 2.52 bits per heavy atom. The number of thiophene rings is 1. The molecule has 5 aromatic rings. The van der Waals surface area contributed by atoms with E-state index in [2.05, 4.69) is 81.3 Å². The lowest BCUT2D eigenvalue weighted by Crippen LogP contribution is -2.27. The maximum absolute atomic E-state index is 13.9. The first-order chi connectivity index (χ1) is 20.1. The molecule has 2 aromatic heterocycles. The van der Waals surface area contributed by atoms with Crippen molar-refractivity contribution in [3.8, 4) is 11.3 Å². The second-order valence-corrected chi connectivity index (χ2v) is 14.0. The number of nitrogens with one attached hydrogen (secondary N) is 2. The van der Waals surface area contributed by atoms with Crippen molar-refractivity contribution in [3.63, 3.8) is 0 Å². The van der Waals surface area contributed by atoms with Crippen LogP contribution in [-0.4, -0.2) is 17.1 Å². The number of nitrogens with zero attached hydrogens (tertiary/aromatic N) is 1. The lowest BCUT2D eigenvalue weighted by Gasteiger charge is -2.33. The van der Waals surface area contributed by atoms with E-state index in [-0.39, 0.29) is 11.3 Å².